The molecule has 0 amide bonds. The van der Waals surface area contributed by atoms with Crippen molar-refractivity contribution in [3.63, 3.8) is 0 Å². The Morgan fingerprint density at radius 3 is 2.55 bits per heavy atom. The minimum Gasteiger partial charge on any atom is -0.497 e. The van der Waals surface area contributed by atoms with Crippen LogP contribution in [0.4, 0.5) is 0 Å². The summed E-state index contributed by atoms with van der Waals surface area (Å²) in [6, 6.07) is 3.14. The largest absolute Gasteiger partial charge is 0.497 e. The lowest BCUT2D eigenvalue weighted by Gasteiger charge is -2.40. The molecular weight excluding hydrogens is 288 g/mol. The van der Waals surface area contributed by atoms with Crippen molar-refractivity contribution < 1.29 is 28.9 Å². The maximum absolute atomic E-state index is 12.8. The van der Waals surface area contributed by atoms with Crippen molar-refractivity contribution in [3.8, 4) is 11.5 Å². The van der Waals surface area contributed by atoms with E-state index in [9.17, 15) is 14.7 Å². The number of fused-ring (bicyclic) bond motifs is 2. The molecule has 3 rings (SSSR count). The molecule has 6 heteroatoms. The lowest BCUT2D eigenvalue weighted by atomic mass is 9.70. The van der Waals surface area contributed by atoms with Crippen molar-refractivity contribution in [3.05, 3.63) is 23.3 Å². The maximum Gasteiger partial charge on any atom is 0.173 e. The topological polar surface area (TPSA) is 82.1 Å². The number of rotatable bonds is 2. The second-order valence-corrected chi connectivity index (χ2v) is 5.88. The Balaban J connectivity index is 2.14. The van der Waals surface area contributed by atoms with Gasteiger partial charge in [-0.25, -0.2) is 0 Å². The van der Waals surface area contributed by atoms with Gasteiger partial charge in [-0.3, -0.25) is 9.59 Å². The minimum absolute atomic E-state index is 0.0247. The van der Waals surface area contributed by atoms with Crippen LogP contribution in [0.25, 0.3) is 0 Å². The third-order valence-electron chi connectivity index (χ3n) is 4.37. The molecule has 1 aliphatic carbocycles. The van der Waals surface area contributed by atoms with Crippen LogP contribution in [-0.4, -0.2) is 43.3 Å². The monoisotopic (exact) mass is 306 g/mol. The van der Waals surface area contributed by atoms with Crippen LogP contribution in [0.3, 0.4) is 0 Å². The van der Waals surface area contributed by atoms with E-state index in [0.717, 1.165) is 0 Å². The average Bonchev–Trinajstić information content (AvgIpc) is 2.50. The highest BCUT2D eigenvalue weighted by molar-refractivity contribution is 6.17. The van der Waals surface area contributed by atoms with Crippen molar-refractivity contribution in [1.29, 1.82) is 0 Å². The molecule has 0 unspecified atom stereocenters. The summed E-state index contributed by atoms with van der Waals surface area (Å²) in [6.07, 6.45) is 0.0984. The summed E-state index contributed by atoms with van der Waals surface area (Å²) in [6.45, 7) is 1.53. The van der Waals surface area contributed by atoms with Crippen LogP contribution >= 0.6 is 0 Å². The van der Waals surface area contributed by atoms with E-state index in [1.165, 1.54) is 21.1 Å². The van der Waals surface area contributed by atoms with Gasteiger partial charge in [-0.15, -0.1) is 0 Å². The zero-order chi connectivity index (χ0) is 16.1. The van der Waals surface area contributed by atoms with Crippen molar-refractivity contribution >= 4 is 11.6 Å². The van der Waals surface area contributed by atoms with Crippen molar-refractivity contribution in [2.45, 2.75) is 19.1 Å². The molecule has 3 atom stereocenters. The summed E-state index contributed by atoms with van der Waals surface area (Å²) < 4.78 is 15.7. The van der Waals surface area contributed by atoms with Crippen molar-refractivity contribution in [2.75, 3.05) is 20.8 Å². The number of ether oxygens (including phenoxy) is 3. The van der Waals surface area contributed by atoms with E-state index in [-0.39, 0.29) is 30.2 Å². The number of methoxy groups -OCH3 is 2. The summed E-state index contributed by atoms with van der Waals surface area (Å²) in [5.41, 5.74) is 0.569. The number of carbonyl (C=O) groups excluding carboxylic acids is 2. The third-order valence-corrected chi connectivity index (χ3v) is 4.37. The molecule has 1 saturated heterocycles. The minimum atomic E-state index is -1.39. The first kappa shape index (κ1) is 15.0. The van der Waals surface area contributed by atoms with Gasteiger partial charge in [-0.1, -0.05) is 0 Å². The Morgan fingerprint density at radius 1 is 1.18 bits per heavy atom. The zero-order valence-corrected chi connectivity index (χ0v) is 12.7. The normalized spacial score (nSPS) is 30.5. The third kappa shape index (κ3) is 2.19. The Hall–Kier alpha value is -1.92. The molecule has 2 aliphatic rings. The molecule has 1 N–H and O–H groups in total. The Morgan fingerprint density at radius 2 is 1.91 bits per heavy atom. The molecule has 1 heterocycles. The number of benzene rings is 1. The standard InChI is InChI=1S/C16H18O6/c1-16(19)6-10-11(7-22-16)15(18)13-9(14(10)17)4-8(20-2)5-12(13)21-3/h4-5,10-11,19H,6-7H2,1-3H3/t10-,11-,16+/m1/s1. The molecular formula is C16H18O6. The molecule has 118 valence electrons. The molecule has 0 aromatic heterocycles. The van der Waals surface area contributed by atoms with Crippen LogP contribution < -0.4 is 9.47 Å². The lowest BCUT2D eigenvalue weighted by Crippen LogP contribution is -2.50. The van der Waals surface area contributed by atoms with Gasteiger partial charge in [0, 0.05) is 24.0 Å². The second kappa shape index (κ2) is 5.07. The summed E-state index contributed by atoms with van der Waals surface area (Å²) in [4.78, 5) is 25.5. The van der Waals surface area contributed by atoms with E-state index in [2.05, 4.69) is 0 Å². The van der Waals surface area contributed by atoms with E-state index in [0.29, 0.717) is 17.1 Å². The van der Waals surface area contributed by atoms with Gasteiger partial charge < -0.3 is 19.3 Å². The predicted octanol–water partition coefficient (Wildman–Crippen LogP) is 1.44. The maximum atomic E-state index is 12.8. The molecule has 0 radical (unpaired) electrons. The van der Waals surface area contributed by atoms with Crippen LogP contribution in [-0.2, 0) is 4.74 Å². The molecule has 0 bridgehead atoms. The zero-order valence-electron chi connectivity index (χ0n) is 12.7. The van der Waals surface area contributed by atoms with E-state index < -0.39 is 17.6 Å². The van der Waals surface area contributed by atoms with Crippen LogP contribution in [0.2, 0.25) is 0 Å². The van der Waals surface area contributed by atoms with Gasteiger partial charge in [-0.05, 0) is 13.0 Å². The van der Waals surface area contributed by atoms with E-state index in [4.69, 9.17) is 14.2 Å². The summed E-state index contributed by atoms with van der Waals surface area (Å²) in [5, 5.41) is 10.0. The average molecular weight is 306 g/mol. The summed E-state index contributed by atoms with van der Waals surface area (Å²) in [7, 11) is 2.93. The van der Waals surface area contributed by atoms with Crippen molar-refractivity contribution in [2.24, 2.45) is 11.8 Å². The molecule has 1 aromatic rings. The van der Waals surface area contributed by atoms with Crippen LogP contribution in [0.5, 0.6) is 11.5 Å². The Bertz CT molecular complexity index is 648. The Labute approximate surface area is 128 Å². The van der Waals surface area contributed by atoms with Gasteiger partial charge in [0.15, 0.2) is 17.4 Å². The second-order valence-electron chi connectivity index (χ2n) is 5.88. The number of hydrogen-bond donors (Lipinski definition) is 1. The predicted molar refractivity (Wildman–Crippen MR) is 76.4 cm³/mol. The summed E-state index contributed by atoms with van der Waals surface area (Å²) in [5.74, 6) is -2.15. The van der Waals surface area contributed by atoms with E-state index >= 15 is 0 Å². The molecule has 0 spiro atoms. The number of ketones is 2. The smallest absolute Gasteiger partial charge is 0.173 e. The highest BCUT2D eigenvalue weighted by Gasteiger charge is 2.49. The molecule has 1 aromatic carbocycles. The van der Waals surface area contributed by atoms with Crippen molar-refractivity contribution in [1.82, 2.24) is 0 Å². The number of aliphatic hydroxyl groups is 1. The first-order chi connectivity index (χ1) is 10.4. The fraction of sp³-hybridized carbons (Fsp3) is 0.500. The highest BCUT2D eigenvalue weighted by atomic mass is 16.6. The number of Topliss-reactive ketones (excluding diaryl/α,β-unsaturated/α-hetero) is 2. The SMILES string of the molecule is COc1cc(OC)c2c(c1)C(=O)[C@@H]1C[C@@](C)(O)OC[C@H]1C2=O. The fourth-order valence-electron chi connectivity index (χ4n) is 3.23. The van der Waals surface area contributed by atoms with Gasteiger partial charge in [0.05, 0.1) is 32.3 Å². The molecule has 0 saturated carbocycles. The first-order valence-corrected chi connectivity index (χ1v) is 7.08. The van der Waals surface area contributed by atoms with Crippen LogP contribution in [0, 0.1) is 11.8 Å². The molecule has 22 heavy (non-hydrogen) atoms. The molecule has 6 nitrogen and oxygen atoms in total. The van der Waals surface area contributed by atoms with E-state index in [1.807, 2.05) is 0 Å². The Kier molecular flexibility index (Phi) is 3.45. The fourth-order valence-corrected chi connectivity index (χ4v) is 3.23. The quantitative estimate of drug-likeness (QED) is 0.890. The molecule has 1 aliphatic heterocycles. The number of hydrogen-bond acceptors (Lipinski definition) is 6. The van der Waals surface area contributed by atoms with Gasteiger partial charge in [0.25, 0.3) is 0 Å². The van der Waals surface area contributed by atoms with Gasteiger partial charge in [-0.2, -0.15) is 0 Å². The molecule has 1 fully saturated rings. The van der Waals surface area contributed by atoms with Gasteiger partial charge in [0.2, 0.25) is 0 Å². The highest BCUT2D eigenvalue weighted by Crippen LogP contribution is 2.43. The van der Waals surface area contributed by atoms with Gasteiger partial charge >= 0.3 is 0 Å². The number of carbonyl (C=O) groups is 2. The van der Waals surface area contributed by atoms with Gasteiger partial charge in [0.1, 0.15) is 11.5 Å². The lowest BCUT2D eigenvalue weighted by molar-refractivity contribution is -0.227. The van der Waals surface area contributed by atoms with E-state index in [1.54, 1.807) is 12.1 Å². The first-order valence-electron chi connectivity index (χ1n) is 7.08. The summed E-state index contributed by atoms with van der Waals surface area (Å²) >= 11 is 0. The van der Waals surface area contributed by atoms with Crippen LogP contribution in [0.1, 0.15) is 34.1 Å². The van der Waals surface area contributed by atoms with Crippen LogP contribution in [0.15, 0.2) is 12.1 Å².